The highest BCUT2D eigenvalue weighted by Gasteiger charge is 2.26. The molecule has 1 N–H and O–H groups in total. The predicted molar refractivity (Wildman–Crippen MR) is 91.9 cm³/mol. The SMILES string of the molecule is CCOc1ccc(NC(=O)CSc2nncn2C2CC2)c([N+](=O)[O-])c1. The number of ether oxygens (including phenoxy) is 1. The highest BCUT2D eigenvalue weighted by molar-refractivity contribution is 7.99. The number of carbonyl (C=O) groups excluding carboxylic acids is 1. The van der Waals surface area contributed by atoms with Crippen molar-refractivity contribution >= 4 is 29.0 Å². The van der Waals surface area contributed by atoms with E-state index in [-0.39, 0.29) is 23.0 Å². The molecule has 0 saturated heterocycles. The van der Waals surface area contributed by atoms with Gasteiger partial charge in [0, 0.05) is 6.04 Å². The topological polar surface area (TPSA) is 112 Å². The monoisotopic (exact) mass is 363 g/mol. The summed E-state index contributed by atoms with van der Waals surface area (Å²) in [5.74, 6) is 0.136. The molecule has 9 nitrogen and oxygen atoms in total. The molecule has 25 heavy (non-hydrogen) atoms. The van der Waals surface area contributed by atoms with Crippen LogP contribution in [0.5, 0.6) is 5.75 Å². The molecule has 10 heteroatoms. The smallest absolute Gasteiger partial charge is 0.296 e. The first kappa shape index (κ1) is 17.2. The van der Waals surface area contributed by atoms with Crippen LogP contribution < -0.4 is 10.1 Å². The van der Waals surface area contributed by atoms with Crippen LogP contribution in [-0.4, -0.2) is 38.0 Å². The third-order valence-corrected chi connectivity index (χ3v) is 4.52. The van der Waals surface area contributed by atoms with Gasteiger partial charge in [-0.3, -0.25) is 14.9 Å². The van der Waals surface area contributed by atoms with Crippen LogP contribution in [0, 0.1) is 10.1 Å². The van der Waals surface area contributed by atoms with Gasteiger partial charge in [0.25, 0.3) is 5.69 Å². The van der Waals surface area contributed by atoms with Crippen molar-refractivity contribution in [1.82, 2.24) is 14.8 Å². The normalized spacial score (nSPS) is 13.5. The van der Waals surface area contributed by atoms with Crippen LogP contribution in [0.4, 0.5) is 11.4 Å². The summed E-state index contributed by atoms with van der Waals surface area (Å²) in [7, 11) is 0. The lowest BCUT2D eigenvalue weighted by Gasteiger charge is -2.08. The molecular formula is C15H17N5O4S. The fraction of sp³-hybridized carbons (Fsp3) is 0.400. The van der Waals surface area contributed by atoms with E-state index in [1.165, 1.54) is 23.9 Å². The molecule has 1 aromatic heterocycles. The zero-order valence-corrected chi connectivity index (χ0v) is 14.4. The zero-order valence-electron chi connectivity index (χ0n) is 13.5. The van der Waals surface area contributed by atoms with Crippen LogP contribution in [0.1, 0.15) is 25.8 Å². The molecule has 0 atom stereocenters. The van der Waals surface area contributed by atoms with E-state index in [1.54, 1.807) is 19.3 Å². The number of hydrogen-bond donors (Lipinski definition) is 1. The number of hydrogen-bond acceptors (Lipinski definition) is 7. The van der Waals surface area contributed by atoms with Crippen LogP contribution >= 0.6 is 11.8 Å². The number of nitrogens with one attached hydrogen (secondary N) is 1. The quantitative estimate of drug-likeness (QED) is 0.436. The summed E-state index contributed by atoms with van der Waals surface area (Å²) >= 11 is 1.26. The Morgan fingerprint density at radius 1 is 1.52 bits per heavy atom. The van der Waals surface area contributed by atoms with Crippen molar-refractivity contribution in [3.63, 3.8) is 0 Å². The van der Waals surface area contributed by atoms with Crippen LogP contribution in [0.25, 0.3) is 0 Å². The van der Waals surface area contributed by atoms with E-state index >= 15 is 0 Å². The average molecular weight is 363 g/mol. The summed E-state index contributed by atoms with van der Waals surface area (Å²) in [5, 5.41) is 22.3. The molecule has 1 saturated carbocycles. The van der Waals surface area contributed by atoms with E-state index in [1.807, 2.05) is 4.57 Å². The number of nitro benzene ring substituents is 1. The van der Waals surface area contributed by atoms with Crippen LogP contribution in [0.15, 0.2) is 29.7 Å². The van der Waals surface area contributed by atoms with Gasteiger partial charge in [0.05, 0.1) is 23.3 Å². The van der Waals surface area contributed by atoms with E-state index < -0.39 is 4.92 Å². The Labute approximate surface area is 147 Å². The molecule has 2 aromatic rings. The fourth-order valence-corrected chi connectivity index (χ4v) is 3.06. The number of anilines is 1. The molecular weight excluding hydrogens is 346 g/mol. The lowest BCUT2D eigenvalue weighted by molar-refractivity contribution is -0.384. The van der Waals surface area contributed by atoms with Gasteiger partial charge in [-0.25, -0.2) is 0 Å². The number of thioether (sulfide) groups is 1. The van der Waals surface area contributed by atoms with Gasteiger partial charge in [-0.2, -0.15) is 0 Å². The predicted octanol–water partition coefficient (Wildman–Crippen LogP) is 2.65. The van der Waals surface area contributed by atoms with Crippen molar-refractivity contribution in [1.29, 1.82) is 0 Å². The van der Waals surface area contributed by atoms with Crippen molar-refractivity contribution < 1.29 is 14.5 Å². The molecule has 1 aromatic carbocycles. The fourth-order valence-electron chi connectivity index (χ4n) is 2.28. The number of nitrogens with zero attached hydrogens (tertiary/aromatic N) is 4. The van der Waals surface area contributed by atoms with Gasteiger partial charge in [0.15, 0.2) is 5.16 Å². The number of nitro groups is 1. The van der Waals surface area contributed by atoms with Crippen molar-refractivity contribution in [3.05, 3.63) is 34.6 Å². The number of amides is 1. The summed E-state index contributed by atoms with van der Waals surface area (Å²) in [5.41, 5.74) is -0.0619. The highest BCUT2D eigenvalue weighted by atomic mass is 32.2. The summed E-state index contributed by atoms with van der Waals surface area (Å²) < 4.78 is 7.21. The van der Waals surface area contributed by atoms with E-state index in [9.17, 15) is 14.9 Å². The molecule has 0 unspecified atom stereocenters. The second kappa shape index (κ2) is 7.51. The zero-order chi connectivity index (χ0) is 17.8. The minimum atomic E-state index is -0.547. The standard InChI is InChI=1S/C15H17N5O4S/c1-2-24-11-5-6-12(13(7-11)20(22)23)17-14(21)8-25-15-18-16-9-19(15)10-3-4-10/h5-7,9-10H,2-4,8H2,1H3,(H,17,21). The van der Waals surface area contributed by atoms with Gasteiger partial charge in [-0.05, 0) is 31.9 Å². The molecule has 0 spiro atoms. The Balaban J connectivity index is 1.64. The van der Waals surface area contributed by atoms with Gasteiger partial charge in [0.2, 0.25) is 5.91 Å². The van der Waals surface area contributed by atoms with Crippen molar-refractivity contribution in [2.45, 2.75) is 31.0 Å². The molecule has 0 aliphatic heterocycles. The Kier molecular flexibility index (Phi) is 5.17. The number of carbonyl (C=O) groups is 1. The highest BCUT2D eigenvalue weighted by Crippen LogP contribution is 2.37. The molecule has 1 amide bonds. The molecule has 0 bridgehead atoms. The summed E-state index contributed by atoms with van der Waals surface area (Å²) in [4.78, 5) is 22.8. The first-order valence-electron chi connectivity index (χ1n) is 7.82. The molecule has 1 aliphatic rings. The Morgan fingerprint density at radius 3 is 3.00 bits per heavy atom. The first-order chi connectivity index (χ1) is 12.1. The minimum Gasteiger partial charge on any atom is -0.494 e. The first-order valence-corrected chi connectivity index (χ1v) is 8.80. The third kappa shape index (κ3) is 4.27. The van der Waals surface area contributed by atoms with E-state index in [0.717, 1.165) is 12.8 Å². The second-order valence-corrected chi connectivity index (χ2v) is 6.40. The maximum Gasteiger partial charge on any atom is 0.296 e. The molecule has 1 aliphatic carbocycles. The van der Waals surface area contributed by atoms with Crippen molar-refractivity contribution in [3.8, 4) is 5.75 Å². The van der Waals surface area contributed by atoms with Gasteiger partial charge in [-0.1, -0.05) is 11.8 Å². The maximum absolute atomic E-state index is 12.1. The molecule has 0 radical (unpaired) electrons. The number of aromatic nitrogens is 3. The number of benzene rings is 1. The average Bonchev–Trinajstić information content (AvgIpc) is 3.32. The van der Waals surface area contributed by atoms with Crippen LogP contribution in [0.2, 0.25) is 0 Å². The van der Waals surface area contributed by atoms with Crippen LogP contribution in [0.3, 0.4) is 0 Å². The van der Waals surface area contributed by atoms with Crippen molar-refractivity contribution in [2.24, 2.45) is 0 Å². The van der Waals surface area contributed by atoms with E-state index in [4.69, 9.17) is 4.74 Å². The van der Waals surface area contributed by atoms with Gasteiger partial charge in [-0.15, -0.1) is 10.2 Å². The largest absolute Gasteiger partial charge is 0.494 e. The molecule has 1 heterocycles. The molecule has 132 valence electrons. The summed E-state index contributed by atoms with van der Waals surface area (Å²) in [6.07, 6.45) is 3.85. The maximum atomic E-state index is 12.1. The van der Waals surface area contributed by atoms with Gasteiger partial charge < -0.3 is 14.6 Å². The lowest BCUT2D eigenvalue weighted by atomic mass is 10.2. The van der Waals surface area contributed by atoms with E-state index in [2.05, 4.69) is 15.5 Å². The van der Waals surface area contributed by atoms with Gasteiger partial charge in [0.1, 0.15) is 17.8 Å². The van der Waals surface area contributed by atoms with Crippen LogP contribution in [-0.2, 0) is 4.79 Å². The second-order valence-electron chi connectivity index (χ2n) is 5.46. The van der Waals surface area contributed by atoms with E-state index in [0.29, 0.717) is 23.6 Å². The third-order valence-electron chi connectivity index (χ3n) is 3.56. The number of rotatable bonds is 8. The summed E-state index contributed by atoms with van der Waals surface area (Å²) in [6.45, 7) is 2.19. The molecule has 1 fully saturated rings. The molecule has 3 rings (SSSR count). The lowest BCUT2D eigenvalue weighted by Crippen LogP contribution is -2.15. The van der Waals surface area contributed by atoms with Crippen molar-refractivity contribution in [2.75, 3.05) is 17.7 Å². The van der Waals surface area contributed by atoms with Gasteiger partial charge >= 0.3 is 0 Å². The summed E-state index contributed by atoms with van der Waals surface area (Å²) in [6, 6.07) is 4.78. The Hall–Kier alpha value is -2.62. The Morgan fingerprint density at radius 2 is 2.32 bits per heavy atom. The minimum absolute atomic E-state index is 0.0930. The Bertz CT molecular complexity index is 790.